The minimum atomic E-state index is -0.0136. The fraction of sp³-hybridized carbons (Fsp3) is 0.682. The largest absolute Gasteiger partial charge is 0.493 e. The summed E-state index contributed by atoms with van der Waals surface area (Å²) in [6, 6.07) is 8.18. The molecule has 0 spiro atoms. The summed E-state index contributed by atoms with van der Waals surface area (Å²) < 4.78 is 16.9. The zero-order chi connectivity index (χ0) is 20.5. The van der Waals surface area contributed by atoms with E-state index in [-0.39, 0.29) is 30.1 Å². The summed E-state index contributed by atoms with van der Waals surface area (Å²) >= 11 is 0. The van der Waals surface area contributed by atoms with Gasteiger partial charge in [0.15, 0.2) is 17.5 Å². The fourth-order valence-electron chi connectivity index (χ4n) is 3.96. The third-order valence-electron chi connectivity index (χ3n) is 5.65. The van der Waals surface area contributed by atoms with E-state index in [0.29, 0.717) is 12.6 Å². The van der Waals surface area contributed by atoms with Gasteiger partial charge in [-0.05, 0) is 44.2 Å². The normalized spacial score (nSPS) is 21.6. The van der Waals surface area contributed by atoms with Crippen molar-refractivity contribution in [1.82, 2.24) is 15.5 Å². The highest BCUT2D eigenvalue weighted by Gasteiger charge is 2.24. The summed E-state index contributed by atoms with van der Waals surface area (Å²) in [7, 11) is 3.47. The van der Waals surface area contributed by atoms with Crippen molar-refractivity contribution in [3.05, 3.63) is 24.3 Å². The van der Waals surface area contributed by atoms with Crippen molar-refractivity contribution in [3.8, 4) is 11.5 Å². The van der Waals surface area contributed by atoms with E-state index < -0.39 is 0 Å². The molecule has 2 heterocycles. The van der Waals surface area contributed by atoms with Crippen LogP contribution in [0.25, 0.3) is 0 Å². The molecule has 1 aromatic rings. The zero-order valence-electron chi connectivity index (χ0n) is 18.4. The SMILES string of the molecule is CN=C(NCC(C)Oc1ccccc1OC)NC1CCN(CC2CCOC2)CC1.I. The van der Waals surface area contributed by atoms with E-state index >= 15 is 0 Å². The van der Waals surface area contributed by atoms with E-state index in [0.717, 1.165) is 62.5 Å². The number of hydrogen-bond acceptors (Lipinski definition) is 5. The molecule has 1 aromatic carbocycles. The van der Waals surface area contributed by atoms with E-state index in [9.17, 15) is 0 Å². The summed E-state index contributed by atoms with van der Waals surface area (Å²) in [5, 5.41) is 6.96. The molecule has 170 valence electrons. The van der Waals surface area contributed by atoms with Crippen LogP contribution in [-0.4, -0.2) is 76.6 Å². The van der Waals surface area contributed by atoms with E-state index in [1.165, 1.54) is 13.0 Å². The Morgan fingerprint density at radius 2 is 1.97 bits per heavy atom. The number of methoxy groups -OCH3 is 1. The number of rotatable bonds is 8. The second kappa shape index (κ2) is 13.2. The van der Waals surface area contributed by atoms with E-state index in [1.807, 2.05) is 38.2 Å². The van der Waals surface area contributed by atoms with Crippen LogP contribution in [0.3, 0.4) is 0 Å². The fourth-order valence-corrected chi connectivity index (χ4v) is 3.96. The lowest BCUT2D eigenvalue weighted by atomic mass is 10.0. The molecule has 0 radical (unpaired) electrons. The molecule has 2 fully saturated rings. The highest BCUT2D eigenvalue weighted by Crippen LogP contribution is 2.26. The van der Waals surface area contributed by atoms with Gasteiger partial charge in [0.25, 0.3) is 0 Å². The van der Waals surface area contributed by atoms with Crippen LogP contribution in [-0.2, 0) is 4.74 Å². The van der Waals surface area contributed by atoms with Crippen LogP contribution in [0, 0.1) is 5.92 Å². The van der Waals surface area contributed by atoms with Gasteiger partial charge in [-0.3, -0.25) is 4.99 Å². The lowest BCUT2D eigenvalue weighted by Crippen LogP contribution is -2.50. The molecule has 0 aromatic heterocycles. The number of halogens is 1. The molecule has 8 heteroatoms. The quantitative estimate of drug-likeness (QED) is 0.305. The number of aliphatic imine (C=N–C) groups is 1. The standard InChI is InChI=1S/C22H36N4O3.HI/c1-17(29-21-7-5-4-6-20(21)27-3)14-24-22(23-2)25-19-8-11-26(12-9-19)15-18-10-13-28-16-18;/h4-7,17-19H,8-16H2,1-3H3,(H2,23,24,25);1H. The van der Waals surface area contributed by atoms with E-state index in [4.69, 9.17) is 14.2 Å². The third-order valence-corrected chi connectivity index (χ3v) is 5.65. The molecule has 2 N–H and O–H groups in total. The molecule has 0 bridgehead atoms. The van der Waals surface area contributed by atoms with Crippen molar-refractivity contribution in [2.75, 3.05) is 53.6 Å². The maximum absolute atomic E-state index is 6.01. The highest BCUT2D eigenvalue weighted by molar-refractivity contribution is 14.0. The number of ether oxygens (including phenoxy) is 3. The van der Waals surface area contributed by atoms with Crippen LogP contribution in [0.15, 0.2) is 29.3 Å². The minimum Gasteiger partial charge on any atom is -0.493 e. The predicted octanol–water partition coefficient (Wildman–Crippen LogP) is 2.75. The monoisotopic (exact) mass is 532 g/mol. The van der Waals surface area contributed by atoms with Crippen molar-refractivity contribution in [3.63, 3.8) is 0 Å². The molecule has 2 aliphatic heterocycles. The second-order valence-electron chi connectivity index (χ2n) is 7.98. The Balaban J connectivity index is 0.00000320. The summed E-state index contributed by atoms with van der Waals surface area (Å²) in [4.78, 5) is 6.96. The number of nitrogens with one attached hydrogen (secondary N) is 2. The molecule has 2 saturated heterocycles. The molecule has 2 aliphatic rings. The van der Waals surface area contributed by atoms with Crippen molar-refractivity contribution in [2.24, 2.45) is 10.9 Å². The van der Waals surface area contributed by atoms with Gasteiger partial charge in [-0.2, -0.15) is 0 Å². The Labute approximate surface area is 197 Å². The number of benzene rings is 1. The van der Waals surface area contributed by atoms with Gasteiger partial charge in [-0.25, -0.2) is 0 Å². The summed E-state index contributed by atoms with van der Waals surface area (Å²) in [6.07, 6.45) is 3.48. The van der Waals surface area contributed by atoms with Crippen LogP contribution >= 0.6 is 24.0 Å². The topological polar surface area (TPSA) is 67.4 Å². The Morgan fingerprint density at radius 1 is 1.23 bits per heavy atom. The van der Waals surface area contributed by atoms with Gasteiger partial charge < -0.3 is 29.7 Å². The second-order valence-corrected chi connectivity index (χ2v) is 7.98. The first-order valence-corrected chi connectivity index (χ1v) is 10.7. The molecule has 0 saturated carbocycles. The van der Waals surface area contributed by atoms with Crippen LogP contribution in [0.4, 0.5) is 0 Å². The summed E-state index contributed by atoms with van der Waals surface area (Å²) in [5.41, 5.74) is 0. The van der Waals surface area contributed by atoms with Crippen LogP contribution in [0.1, 0.15) is 26.2 Å². The molecule has 0 amide bonds. The summed E-state index contributed by atoms with van der Waals surface area (Å²) in [6.45, 7) is 8.03. The van der Waals surface area contributed by atoms with Crippen LogP contribution in [0.5, 0.6) is 11.5 Å². The van der Waals surface area contributed by atoms with Gasteiger partial charge in [-0.15, -0.1) is 24.0 Å². The number of likely N-dealkylation sites (tertiary alicyclic amines) is 1. The molecule has 2 unspecified atom stereocenters. The first-order valence-electron chi connectivity index (χ1n) is 10.7. The van der Waals surface area contributed by atoms with Crippen LogP contribution in [0.2, 0.25) is 0 Å². The molecule has 7 nitrogen and oxygen atoms in total. The van der Waals surface area contributed by atoms with Gasteiger partial charge in [0.05, 0.1) is 20.3 Å². The minimum absolute atomic E-state index is 0. The Kier molecular flexibility index (Phi) is 11.0. The smallest absolute Gasteiger partial charge is 0.191 e. The Hall–Kier alpha value is -1.26. The lowest BCUT2D eigenvalue weighted by Gasteiger charge is -2.34. The Morgan fingerprint density at radius 3 is 2.60 bits per heavy atom. The number of nitrogens with zero attached hydrogens (tertiary/aromatic N) is 2. The zero-order valence-corrected chi connectivity index (χ0v) is 20.8. The highest BCUT2D eigenvalue weighted by atomic mass is 127. The molecular formula is C22H37IN4O3. The van der Waals surface area contributed by atoms with Gasteiger partial charge in [-0.1, -0.05) is 12.1 Å². The first kappa shape index (κ1) is 25.0. The predicted molar refractivity (Wildman–Crippen MR) is 131 cm³/mol. The number of guanidine groups is 1. The van der Waals surface area contributed by atoms with Crippen LogP contribution < -0.4 is 20.1 Å². The van der Waals surface area contributed by atoms with E-state index in [2.05, 4.69) is 20.5 Å². The third kappa shape index (κ3) is 7.77. The molecule has 3 rings (SSSR count). The molecule has 30 heavy (non-hydrogen) atoms. The van der Waals surface area contributed by atoms with Crippen molar-refractivity contribution < 1.29 is 14.2 Å². The maximum atomic E-state index is 6.01. The molecule has 0 aliphatic carbocycles. The van der Waals surface area contributed by atoms with Gasteiger partial charge >= 0.3 is 0 Å². The maximum Gasteiger partial charge on any atom is 0.191 e. The molecular weight excluding hydrogens is 495 g/mol. The Bertz CT molecular complexity index is 647. The number of hydrogen-bond donors (Lipinski definition) is 2. The van der Waals surface area contributed by atoms with Crippen molar-refractivity contribution >= 4 is 29.9 Å². The summed E-state index contributed by atoms with van der Waals surface area (Å²) in [5.74, 6) is 3.06. The lowest BCUT2D eigenvalue weighted by molar-refractivity contribution is 0.150. The van der Waals surface area contributed by atoms with Gasteiger partial charge in [0, 0.05) is 39.3 Å². The molecule has 2 atom stereocenters. The number of para-hydroxylation sites is 2. The average Bonchev–Trinajstić information content (AvgIpc) is 3.26. The van der Waals surface area contributed by atoms with Gasteiger partial charge in [0.1, 0.15) is 6.10 Å². The number of piperidine rings is 1. The van der Waals surface area contributed by atoms with Crippen molar-refractivity contribution in [2.45, 2.75) is 38.3 Å². The van der Waals surface area contributed by atoms with Gasteiger partial charge in [0.2, 0.25) is 0 Å². The average molecular weight is 532 g/mol. The van der Waals surface area contributed by atoms with Crippen molar-refractivity contribution in [1.29, 1.82) is 0 Å². The van der Waals surface area contributed by atoms with E-state index in [1.54, 1.807) is 7.11 Å². The first-order chi connectivity index (χ1) is 14.2.